The van der Waals surface area contributed by atoms with Crippen molar-refractivity contribution in [2.45, 2.75) is 85.9 Å². The van der Waals surface area contributed by atoms with Crippen LogP contribution < -0.4 is 16.1 Å². The number of hydrogen-bond donors (Lipinski definition) is 2. The Balaban J connectivity index is 0.000000402. The largest absolute Gasteiger partial charge is 0.385 e. The van der Waals surface area contributed by atoms with Crippen LogP contribution in [0.2, 0.25) is 5.02 Å². The number of carbonyl (C=O) groups excluding carboxylic acids is 1. The summed E-state index contributed by atoms with van der Waals surface area (Å²) in [6.45, 7) is 11.4. The van der Waals surface area contributed by atoms with Gasteiger partial charge >= 0.3 is 0 Å². The van der Waals surface area contributed by atoms with Gasteiger partial charge in [0, 0.05) is 65.0 Å². The summed E-state index contributed by atoms with van der Waals surface area (Å²) < 4.78 is 2.07. The summed E-state index contributed by atoms with van der Waals surface area (Å²) in [7, 11) is 4.38. The molecule has 0 atom stereocenters. The Morgan fingerprint density at radius 1 is 1.09 bits per heavy atom. The second-order valence-corrected chi connectivity index (χ2v) is 9.99. The Morgan fingerprint density at radius 3 is 2.29 bits per heavy atom. The van der Waals surface area contributed by atoms with E-state index in [1.165, 1.54) is 32.1 Å². The summed E-state index contributed by atoms with van der Waals surface area (Å²) in [6, 6.07) is 5.96. The van der Waals surface area contributed by atoms with Gasteiger partial charge in [0.2, 0.25) is 0 Å². The van der Waals surface area contributed by atoms with E-state index in [2.05, 4.69) is 34.2 Å². The predicted octanol–water partition coefficient (Wildman–Crippen LogP) is 5.69. The van der Waals surface area contributed by atoms with Crippen molar-refractivity contribution in [1.82, 2.24) is 14.8 Å². The number of halogens is 1. The zero-order valence-electron chi connectivity index (χ0n) is 22.6. The van der Waals surface area contributed by atoms with Crippen molar-refractivity contribution in [1.29, 1.82) is 0 Å². The maximum Gasteiger partial charge on any atom is 0.251 e. The van der Waals surface area contributed by atoms with Crippen LogP contribution in [0.1, 0.15) is 78.8 Å². The smallest absolute Gasteiger partial charge is 0.251 e. The Labute approximate surface area is 216 Å². The Bertz CT molecular complexity index is 1060. The van der Waals surface area contributed by atoms with E-state index in [1.54, 1.807) is 18.2 Å². The maximum atomic E-state index is 12.7. The van der Waals surface area contributed by atoms with Crippen molar-refractivity contribution >= 4 is 23.2 Å². The van der Waals surface area contributed by atoms with E-state index >= 15 is 0 Å². The van der Waals surface area contributed by atoms with Gasteiger partial charge in [-0.15, -0.1) is 0 Å². The number of nitrogens with one attached hydrogen (secondary N) is 2. The van der Waals surface area contributed by atoms with Crippen molar-refractivity contribution in [2.75, 3.05) is 26.0 Å². The Morgan fingerprint density at radius 2 is 1.74 bits per heavy atom. The average Bonchev–Trinajstić information content (AvgIpc) is 2.82. The average molecular weight is 503 g/mol. The fourth-order valence-electron chi connectivity index (χ4n) is 4.81. The van der Waals surface area contributed by atoms with Crippen LogP contribution in [0.5, 0.6) is 0 Å². The number of anilines is 1. The molecule has 0 bridgehead atoms. The lowest BCUT2D eigenvalue weighted by Crippen LogP contribution is -2.29. The molecule has 35 heavy (non-hydrogen) atoms. The van der Waals surface area contributed by atoms with Gasteiger partial charge in [0.1, 0.15) is 0 Å². The molecule has 1 amide bonds. The third-order valence-electron chi connectivity index (χ3n) is 6.94. The molecule has 0 unspecified atom stereocenters. The van der Waals surface area contributed by atoms with E-state index in [1.807, 2.05) is 34.6 Å². The first-order valence-electron chi connectivity index (χ1n) is 12.8. The minimum Gasteiger partial charge on any atom is -0.385 e. The minimum absolute atomic E-state index is 0.0545. The number of aromatic nitrogens is 1. The van der Waals surface area contributed by atoms with Gasteiger partial charge < -0.3 is 20.1 Å². The molecular formula is C28H43ClN4O2. The number of pyridine rings is 1. The van der Waals surface area contributed by atoms with Gasteiger partial charge in [-0.3, -0.25) is 9.59 Å². The standard InChI is InChI=1S/C20H26ClN3O2.C8H17N/c1-6-22-18-10-15(21)9-16(13(18)4)20(26)23-11-17-14(5)24(7-2)12(3)8-19(17)25;1-9(2)8-6-4-3-5-7-8/h8-10,22H,6-7,11H2,1-5H3,(H,23,26);8H,3-7H2,1-2H3. The first kappa shape index (κ1) is 28.9. The van der Waals surface area contributed by atoms with Gasteiger partial charge in [0.25, 0.3) is 5.91 Å². The third kappa shape index (κ3) is 7.84. The van der Waals surface area contributed by atoms with Crippen molar-refractivity contribution in [3.8, 4) is 0 Å². The van der Waals surface area contributed by atoms with Crippen molar-refractivity contribution < 1.29 is 4.79 Å². The SMILES string of the molecule is CCNc1cc(Cl)cc(C(=O)NCc2c(C)n(CC)c(C)cc2=O)c1C.CN(C)C1CCCCC1. The maximum absolute atomic E-state index is 12.7. The van der Waals surface area contributed by atoms with E-state index in [-0.39, 0.29) is 17.9 Å². The number of carbonyl (C=O) groups is 1. The van der Waals surface area contributed by atoms with Crippen LogP contribution >= 0.6 is 11.6 Å². The normalized spacial score (nSPS) is 13.9. The summed E-state index contributed by atoms with van der Waals surface area (Å²) in [4.78, 5) is 27.4. The Hall–Kier alpha value is -2.31. The lowest BCUT2D eigenvalue weighted by molar-refractivity contribution is 0.0950. The van der Waals surface area contributed by atoms with Crippen LogP contribution in [-0.4, -0.2) is 42.1 Å². The van der Waals surface area contributed by atoms with Crippen LogP contribution in [-0.2, 0) is 13.1 Å². The third-order valence-corrected chi connectivity index (χ3v) is 7.15. The zero-order chi connectivity index (χ0) is 26.1. The molecule has 1 fully saturated rings. The van der Waals surface area contributed by atoms with E-state index < -0.39 is 0 Å². The molecule has 6 nitrogen and oxygen atoms in total. The molecule has 7 heteroatoms. The van der Waals surface area contributed by atoms with Crippen LogP contribution in [0, 0.1) is 20.8 Å². The van der Waals surface area contributed by atoms with Gasteiger partial charge in [0.15, 0.2) is 5.43 Å². The molecule has 194 valence electrons. The van der Waals surface area contributed by atoms with Gasteiger partial charge in [-0.2, -0.15) is 0 Å². The van der Waals surface area contributed by atoms with Gasteiger partial charge in [-0.25, -0.2) is 0 Å². The molecule has 1 aromatic heterocycles. The summed E-state index contributed by atoms with van der Waals surface area (Å²) in [6.07, 6.45) is 7.20. The van der Waals surface area contributed by atoms with Crippen LogP contribution in [0.3, 0.4) is 0 Å². The summed E-state index contributed by atoms with van der Waals surface area (Å²) >= 11 is 6.15. The van der Waals surface area contributed by atoms with Gasteiger partial charge in [-0.05, 0) is 79.3 Å². The number of rotatable bonds is 7. The van der Waals surface area contributed by atoms with Crippen molar-refractivity contribution in [2.24, 2.45) is 0 Å². The molecule has 2 N–H and O–H groups in total. The van der Waals surface area contributed by atoms with E-state index in [0.29, 0.717) is 16.1 Å². The molecule has 0 saturated heterocycles. The molecule has 1 aliphatic rings. The first-order chi connectivity index (χ1) is 16.6. The quantitative estimate of drug-likeness (QED) is 0.510. The zero-order valence-corrected chi connectivity index (χ0v) is 23.3. The molecule has 1 aliphatic carbocycles. The molecular weight excluding hydrogens is 460 g/mol. The second kappa shape index (κ2) is 13.7. The molecule has 1 saturated carbocycles. The highest BCUT2D eigenvalue weighted by Crippen LogP contribution is 2.25. The number of aryl methyl sites for hydroxylation is 1. The summed E-state index contributed by atoms with van der Waals surface area (Å²) in [5.41, 5.74) is 4.54. The summed E-state index contributed by atoms with van der Waals surface area (Å²) in [5, 5.41) is 6.57. The van der Waals surface area contributed by atoms with Crippen LogP contribution in [0.15, 0.2) is 23.0 Å². The highest BCUT2D eigenvalue weighted by molar-refractivity contribution is 6.31. The number of nitrogens with zero attached hydrogens (tertiary/aromatic N) is 2. The van der Waals surface area contributed by atoms with E-state index in [9.17, 15) is 9.59 Å². The fourth-order valence-corrected chi connectivity index (χ4v) is 5.03. The van der Waals surface area contributed by atoms with Crippen molar-refractivity contribution in [3.05, 3.63) is 61.5 Å². The molecule has 0 aliphatic heterocycles. The second-order valence-electron chi connectivity index (χ2n) is 9.55. The van der Waals surface area contributed by atoms with Crippen molar-refractivity contribution in [3.63, 3.8) is 0 Å². The molecule has 3 rings (SSSR count). The van der Waals surface area contributed by atoms with Gasteiger partial charge in [0.05, 0.1) is 0 Å². The first-order valence-corrected chi connectivity index (χ1v) is 13.2. The monoisotopic (exact) mass is 502 g/mol. The minimum atomic E-state index is -0.244. The highest BCUT2D eigenvalue weighted by Gasteiger charge is 2.16. The lowest BCUT2D eigenvalue weighted by Gasteiger charge is -2.27. The number of benzene rings is 1. The molecule has 0 spiro atoms. The van der Waals surface area contributed by atoms with Crippen LogP contribution in [0.25, 0.3) is 0 Å². The Kier molecular flexibility index (Phi) is 11.3. The molecule has 0 radical (unpaired) electrons. The number of amides is 1. The number of hydrogen-bond acceptors (Lipinski definition) is 4. The predicted molar refractivity (Wildman–Crippen MR) is 148 cm³/mol. The topological polar surface area (TPSA) is 66.4 Å². The molecule has 2 aromatic rings. The fraction of sp³-hybridized carbons (Fsp3) is 0.571. The van der Waals surface area contributed by atoms with E-state index in [4.69, 9.17) is 11.6 Å². The van der Waals surface area contributed by atoms with Gasteiger partial charge in [-0.1, -0.05) is 30.9 Å². The molecule has 1 heterocycles. The van der Waals surface area contributed by atoms with E-state index in [0.717, 1.165) is 41.8 Å². The summed E-state index contributed by atoms with van der Waals surface area (Å²) in [5.74, 6) is -0.244. The molecule has 1 aromatic carbocycles. The highest BCUT2D eigenvalue weighted by atomic mass is 35.5. The van der Waals surface area contributed by atoms with Crippen LogP contribution in [0.4, 0.5) is 5.69 Å². The lowest BCUT2D eigenvalue weighted by atomic mass is 9.95.